The molecule has 0 saturated carbocycles. The number of piperidine rings is 1. The van der Waals surface area contributed by atoms with Gasteiger partial charge in [0.1, 0.15) is 6.42 Å². The van der Waals surface area contributed by atoms with E-state index in [9.17, 15) is 9.59 Å². The van der Waals surface area contributed by atoms with Crippen LogP contribution in [-0.2, 0) is 16.0 Å². The fourth-order valence-corrected chi connectivity index (χ4v) is 4.14. The SMILES string of the molecule is Cc1cc(C)c(NC(=O)CC(=O)N2CCC(Cc3ccccc3)CC2)c(C)c1. The summed E-state index contributed by atoms with van der Waals surface area (Å²) in [5.74, 6) is 0.308. The molecule has 0 radical (unpaired) electrons. The minimum absolute atomic E-state index is 0.0712. The lowest BCUT2D eigenvalue weighted by Crippen LogP contribution is -2.40. The van der Waals surface area contributed by atoms with E-state index in [1.165, 1.54) is 11.1 Å². The summed E-state index contributed by atoms with van der Waals surface area (Å²) in [6.45, 7) is 7.48. The highest BCUT2D eigenvalue weighted by Crippen LogP contribution is 2.24. The van der Waals surface area contributed by atoms with Gasteiger partial charge in [0, 0.05) is 18.8 Å². The predicted molar refractivity (Wildman–Crippen MR) is 113 cm³/mol. The van der Waals surface area contributed by atoms with E-state index < -0.39 is 0 Å². The number of rotatable bonds is 5. The Bertz CT molecular complexity index is 814. The molecule has 148 valence electrons. The Labute approximate surface area is 167 Å². The van der Waals surface area contributed by atoms with Crippen molar-refractivity contribution in [3.8, 4) is 0 Å². The van der Waals surface area contributed by atoms with E-state index in [1.54, 1.807) is 0 Å². The monoisotopic (exact) mass is 378 g/mol. The van der Waals surface area contributed by atoms with Gasteiger partial charge in [-0.15, -0.1) is 0 Å². The number of carbonyl (C=O) groups excluding carboxylic acids is 2. The second kappa shape index (κ2) is 9.05. The largest absolute Gasteiger partial charge is 0.342 e. The van der Waals surface area contributed by atoms with Gasteiger partial charge in [-0.25, -0.2) is 0 Å². The third kappa shape index (κ3) is 5.22. The van der Waals surface area contributed by atoms with Crippen LogP contribution in [-0.4, -0.2) is 29.8 Å². The van der Waals surface area contributed by atoms with Gasteiger partial charge in [0.15, 0.2) is 0 Å². The number of anilines is 1. The van der Waals surface area contributed by atoms with Gasteiger partial charge in [-0.05, 0) is 62.6 Å². The summed E-state index contributed by atoms with van der Waals surface area (Å²) in [5, 5.41) is 2.93. The van der Waals surface area contributed by atoms with Crippen molar-refractivity contribution >= 4 is 17.5 Å². The number of aryl methyl sites for hydroxylation is 3. The molecule has 2 aromatic carbocycles. The number of carbonyl (C=O) groups is 2. The lowest BCUT2D eigenvalue weighted by molar-refractivity contribution is -0.135. The average Bonchev–Trinajstić information content (AvgIpc) is 2.66. The molecule has 0 bridgehead atoms. The number of hydrogen-bond acceptors (Lipinski definition) is 2. The van der Waals surface area contributed by atoms with Crippen LogP contribution < -0.4 is 5.32 Å². The van der Waals surface area contributed by atoms with Crippen molar-refractivity contribution < 1.29 is 9.59 Å². The zero-order valence-electron chi connectivity index (χ0n) is 17.1. The van der Waals surface area contributed by atoms with Crippen molar-refractivity contribution in [2.45, 2.75) is 46.5 Å². The summed E-state index contributed by atoms with van der Waals surface area (Å²) in [5.41, 5.74) is 5.41. The van der Waals surface area contributed by atoms with Gasteiger partial charge in [0.25, 0.3) is 0 Å². The van der Waals surface area contributed by atoms with Gasteiger partial charge in [-0.1, -0.05) is 48.0 Å². The Morgan fingerprint density at radius 2 is 1.61 bits per heavy atom. The number of nitrogens with zero attached hydrogens (tertiary/aromatic N) is 1. The van der Waals surface area contributed by atoms with Gasteiger partial charge in [-0.3, -0.25) is 9.59 Å². The molecule has 28 heavy (non-hydrogen) atoms. The van der Waals surface area contributed by atoms with Crippen molar-refractivity contribution in [2.24, 2.45) is 5.92 Å². The summed E-state index contributed by atoms with van der Waals surface area (Å²) in [4.78, 5) is 26.8. The molecule has 0 spiro atoms. The molecule has 0 aliphatic carbocycles. The highest BCUT2D eigenvalue weighted by molar-refractivity contribution is 6.04. The van der Waals surface area contributed by atoms with Crippen LogP contribution in [0.4, 0.5) is 5.69 Å². The van der Waals surface area contributed by atoms with Gasteiger partial charge in [0.2, 0.25) is 11.8 Å². The number of nitrogens with one attached hydrogen (secondary N) is 1. The third-order valence-electron chi connectivity index (χ3n) is 5.59. The van der Waals surface area contributed by atoms with E-state index >= 15 is 0 Å². The molecular formula is C24H30N2O2. The molecule has 1 saturated heterocycles. The minimum atomic E-state index is -0.230. The molecule has 4 nitrogen and oxygen atoms in total. The van der Waals surface area contributed by atoms with E-state index in [0.717, 1.165) is 49.2 Å². The first kappa shape index (κ1) is 20.1. The molecule has 1 aliphatic rings. The van der Waals surface area contributed by atoms with E-state index in [4.69, 9.17) is 0 Å². The molecule has 0 unspecified atom stereocenters. The topological polar surface area (TPSA) is 49.4 Å². The van der Waals surface area contributed by atoms with Gasteiger partial charge < -0.3 is 10.2 Å². The first-order valence-electron chi connectivity index (χ1n) is 10.1. The zero-order chi connectivity index (χ0) is 20.1. The molecule has 1 aliphatic heterocycles. The molecule has 4 heteroatoms. The molecule has 3 rings (SSSR count). The highest BCUT2D eigenvalue weighted by atomic mass is 16.2. The van der Waals surface area contributed by atoms with Crippen LogP contribution in [0.15, 0.2) is 42.5 Å². The van der Waals surface area contributed by atoms with Crippen molar-refractivity contribution in [3.05, 3.63) is 64.7 Å². The molecule has 0 aromatic heterocycles. The van der Waals surface area contributed by atoms with Crippen LogP contribution in [0.5, 0.6) is 0 Å². The van der Waals surface area contributed by atoms with Crippen molar-refractivity contribution in [3.63, 3.8) is 0 Å². The van der Waals surface area contributed by atoms with Gasteiger partial charge in [-0.2, -0.15) is 0 Å². The lowest BCUT2D eigenvalue weighted by atomic mass is 9.90. The summed E-state index contributed by atoms with van der Waals surface area (Å²) >= 11 is 0. The Morgan fingerprint density at radius 1 is 1.00 bits per heavy atom. The van der Waals surface area contributed by atoms with Crippen LogP contribution in [0.2, 0.25) is 0 Å². The average molecular weight is 379 g/mol. The maximum atomic E-state index is 12.6. The Kier molecular flexibility index (Phi) is 6.50. The van der Waals surface area contributed by atoms with Gasteiger partial charge >= 0.3 is 0 Å². The van der Waals surface area contributed by atoms with E-state index in [0.29, 0.717) is 5.92 Å². The first-order valence-corrected chi connectivity index (χ1v) is 10.1. The first-order chi connectivity index (χ1) is 13.4. The summed E-state index contributed by atoms with van der Waals surface area (Å²) in [6, 6.07) is 14.6. The van der Waals surface area contributed by atoms with Crippen LogP contribution in [0.1, 0.15) is 41.5 Å². The fourth-order valence-electron chi connectivity index (χ4n) is 4.14. The van der Waals surface area contributed by atoms with E-state index in [2.05, 4.69) is 29.6 Å². The standard InChI is InChI=1S/C24H30N2O2/c1-17-13-18(2)24(19(3)14-17)25-22(27)16-23(28)26-11-9-21(10-12-26)15-20-7-5-4-6-8-20/h4-8,13-14,21H,9-12,15-16H2,1-3H3,(H,25,27). The molecule has 1 fully saturated rings. The quantitative estimate of drug-likeness (QED) is 0.783. The van der Waals surface area contributed by atoms with Gasteiger partial charge in [0.05, 0.1) is 0 Å². The van der Waals surface area contributed by atoms with Crippen LogP contribution >= 0.6 is 0 Å². The maximum Gasteiger partial charge on any atom is 0.233 e. The lowest BCUT2D eigenvalue weighted by Gasteiger charge is -2.32. The van der Waals surface area contributed by atoms with Crippen molar-refractivity contribution in [2.75, 3.05) is 18.4 Å². The summed E-state index contributed by atoms with van der Waals surface area (Å²) < 4.78 is 0. The van der Waals surface area contributed by atoms with E-state index in [1.807, 2.05) is 43.9 Å². The summed E-state index contributed by atoms with van der Waals surface area (Å²) in [7, 11) is 0. The molecule has 1 heterocycles. The van der Waals surface area contributed by atoms with Crippen LogP contribution in [0, 0.1) is 26.7 Å². The Balaban J connectivity index is 1.48. The molecular weight excluding hydrogens is 348 g/mol. The number of hydrogen-bond donors (Lipinski definition) is 1. The van der Waals surface area contributed by atoms with Crippen molar-refractivity contribution in [1.82, 2.24) is 4.90 Å². The number of likely N-dealkylation sites (tertiary alicyclic amines) is 1. The highest BCUT2D eigenvalue weighted by Gasteiger charge is 2.24. The molecule has 1 N–H and O–H groups in total. The Morgan fingerprint density at radius 3 is 2.21 bits per heavy atom. The minimum Gasteiger partial charge on any atom is -0.342 e. The predicted octanol–water partition coefficient (Wildman–Crippen LogP) is 4.42. The second-order valence-electron chi connectivity index (χ2n) is 8.01. The normalized spacial score (nSPS) is 14.8. The van der Waals surface area contributed by atoms with E-state index in [-0.39, 0.29) is 18.2 Å². The maximum absolute atomic E-state index is 12.6. The summed E-state index contributed by atoms with van der Waals surface area (Å²) in [6.07, 6.45) is 2.97. The molecule has 0 atom stereocenters. The van der Waals surface area contributed by atoms with Crippen LogP contribution in [0.3, 0.4) is 0 Å². The number of amides is 2. The fraction of sp³-hybridized carbons (Fsp3) is 0.417. The molecule has 2 aromatic rings. The zero-order valence-corrected chi connectivity index (χ0v) is 17.1. The molecule has 2 amide bonds. The second-order valence-corrected chi connectivity index (χ2v) is 8.01. The van der Waals surface area contributed by atoms with Crippen molar-refractivity contribution in [1.29, 1.82) is 0 Å². The smallest absolute Gasteiger partial charge is 0.233 e. The Hall–Kier alpha value is -2.62. The number of benzene rings is 2. The third-order valence-corrected chi connectivity index (χ3v) is 5.59. The van der Waals surface area contributed by atoms with Crippen LogP contribution in [0.25, 0.3) is 0 Å².